The smallest absolute Gasteiger partial charge is 0.323 e. The van der Waals surface area contributed by atoms with Gasteiger partial charge in [-0.1, -0.05) is 43.7 Å². The van der Waals surface area contributed by atoms with Crippen molar-refractivity contribution in [3.8, 4) is 0 Å². The highest BCUT2D eigenvalue weighted by Crippen LogP contribution is 2.10. The normalized spacial score (nSPS) is 21.5. The molecule has 0 amide bonds. The van der Waals surface area contributed by atoms with Gasteiger partial charge in [0, 0.05) is 12.6 Å². The molecular weight excluding hydrogens is 280 g/mol. The molecule has 5 heteroatoms. The van der Waals surface area contributed by atoms with E-state index in [1.807, 2.05) is 30.3 Å². The van der Waals surface area contributed by atoms with Gasteiger partial charge in [0.1, 0.15) is 6.04 Å². The SMILES string of the molecule is CCCCOC(=O)[C@@H]1CCC(NOCc2ccccc2)CN1. The third-order valence-electron chi connectivity index (χ3n) is 3.77. The molecule has 1 aliphatic rings. The topological polar surface area (TPSA) is 59.6 Å². The Morgan fingerprint density at radius 1 is 1.32 bits per heavy atom. The number of unbranched alkanes of at least 4 members (excludes halogenated alkanes) is 1. The molecule has 22 heavy (non-hydrogen) atoms. The van der Waals surface area contributed by atoms with Crippen molar-refractivity contribution < 1.29 is 14.4 Å². The standard InChI is InChI=1S/C17H26N2O3/c1-2-3-11-21-17(20)16-10-9-15(12-18-16)19-22-13-14-7-5-4-6-8-14/h4-8,15-16,18-19H,2-3,9-13H2,1H3/t15?,16-/m0/s1. The number of hydroxylamine groups is 1. The monoisotopic (exact) mass is 306 g/mol. The molecular formula is C17H26N2O3. The number of hydrogen-bond donors (Lipinski definition) is 2. The Labute approximate surface area is 132 Å². The van der Waals surface area contributed by atoms with Gasteiger partial charge in [-0.15, -0.1) is 0 Å². The molecule has 1 fully saturated rings. The van der Waals surface area contributed by atoms with Gasteiger partial charge in [-0.3, -0.25) is 9.63 Å². The summed E-state index contributed by atoms with van der Waals surface area (Å²) in [6.07, 6.45) is 3.64. The average molecular weight is 306 g/mol. The summed E-state index contributed by atoms with van der Waals surface area (Å²) >= 11 is 0. The summed E-state index contributed by atoms with van der Waals surface area (Å²) < 4.78 is 5.24. The lowest BCUT2D eigenvalue weighted by atomic mass is 10.0. The maximum atomic E-state index is 11.8. The van der Waals surface area contributed by atoms with Crippen LogP contribution in [0.4, 0.5) is 0 Å². The van der Waals surface area contributed by atoms with Crippen LogP contribution in [-0.2, 0) is 21.0 Å². The van der Waals surface area contributed by atoms with Gasteiger partial charge in [-0.2, -0.15) is 5.48 Å². The van der Waals surface area contributed by atoms with E-state index >= 15 is 0 Å². The van der Waals surface area contributed by atoms with Crippen molar-refractivity contribution in [3.63, 3.8) is 0 Å². The number of nitrogens with one attached hydrogen (secondary N) is 2. The second-order valence-electron chi connectivity index (χ2n) is 5.65. The molecule has 1 aromatic rings. The summed E-state index contributed by atoms with van der Waals surface area (Å²) in [6, 6.07) is 10.1. The summed E-state index contributed by atoms with van der Waals surface area (Å²) in [4.78, 5) is 17.4. The molecule has 0 bridgehead atoms. The first-order chi connectivity index (χ1) is 10.8. The molecule has 1 saturated heterocycles. The Morgan fingerprint density at radius 2 is 2.14 bits per heavy atom. The van der Waals surface area contributed by atoms with E-state index < -0.39 is 0 Å². The number of carbonyl (C=O) groups excluding carboxylic acids is 1. The molecule has 0 radical (unpaired) electrons. The first kappa shape index (κ1) is 16.9. The molecule has 1 unspecified atom stereocenters. The van der Waals surface area contributed by atoms with Crippen LogP contribution in [0, 0.1) is 0 Å². The molecule has 0 aliphatic carbocycles. The summed E-state index contributed by atoms with van der Waals surface area (Å²) in [6.45, 7) is 3.86. The maximum Gasteiger partial charge on any atom is 0.323 e. The molecule has 0 spiro atoms. The van der Waals surface area contributed by atoms with Crippen molar-refractivity contribution in [2.45, 2.75) is 51.3 Å². The van der Waals surface area contributed by atoms with Gasteiger partial charge in [0.25, 0.3) is 0 Å². The van der Waals surface area contributed by atoms with E-state index in [1.165, 1.54) is 0 Å². The molecule has 0 saturated carbocycles. The lowest BCUT2D eigenvalue weighted by Crippen LogP contribution is -2.51. The van der Waals surface area contributed by atoms with Crippen LogP contribution in [0.15, 0.2) is 30.3 Å². The third-order valence-corrected chi connectivity index (χ3v) is 3.77. The fraction of sp³-hybridized carbons (Fsp3) is 0.588. The van der Waals surface area contributed by atoms with E-state index in [-0.39, 0.29) is 18.1 Å². The molecule has 1 aromatic carbocycles. The largest absolute Gasteiger partial charge is 0.465 e. The lowest BCUT2D eigenvalue weighted by Gasteiger charge is -2.28. The zero-order chi connectivity index (χ0) is 15.6. The van der Waals surface area contributed by atoms with E-state index in [9.17, 15) is 4.79 Å². The zero-order valence-corrected chi connectivity index (χ0v) is 13.2. The number of benzene rings is 1. The Kier molecular flexibility index (Phi) is 7.36. The summed E-state index contributed by atoms with van der Waals surface area (Å²) in [5.41, 5.74) is 4.20. The van der Waals surface area contributed by atoms with E-state index in [2.05, 4.69) is 17.7 Å². The molecule has 122 valence electrons. The van der Waals surface area contributed by atoms with Gasteiger partial charge in [-0.25, -0.2) is 0 Å². The van der Waals surface area contributed by atoms with Crippen LogP contribution in [0.2, 0.25) is 0 Å². The van der Waals surface area contributed by atoms with E-state index in [0.717, 1.165) is 31.2 Å². The number of carbonyl (C=O) groups is 1. The summed E-state index contributed by atoms with van der Waals surface area (Å²) in [5, 5.41) is 3.23. The molecule has 5 nitrogen and oxygen atoms in total. The Balaban J connectivity index is 1.59. The van der Waals surface area contributed by atoms with Gasteiger partial charge in [0.15, 0.2) is 0 Å². The second-order valence-corrected chi connectivity index (χ2v) is 5.65. The fourth-order valence-corrected chi connectivity index (χ4v) is 2.39. The minimum absolute atomic E-state index is 0.128. The first-order valence-electron chi connectivity index (χ1n) is 8.11. The van der Waals surface area contributed by atoms with Crippen molar-refractivity contribution in [3.05, 3.63) is 35.9 Å². The number of ether oxygens (including phenoxy) is 1. The zero-order valence-electron chi connectivity index (χ0n) is 13.2. The third kappa shape index (κ3) is 5.75. The number of rotatable bonds is 8. The second kappa shape index (κ2) is 9.56. The minimum atomic E-state index is -0.177. The lowest BCUT2D eigenvalue weighted by molar-refractivity contribution is -0.147. The quantitative estimate of drug-likeness (QED) is 0.438. The van der Waals surface area contributed by atoms with Crippen molar-refractivity contribution >= 4 is 5.97 Å². The van der Waals surface area contributed by atoms with Crippen molar-refractivity contribution in [2.75, 3.05) is 13.2 Å². The number of esters is 1. The highest BCUT2D eigenvalue weighted by molar-refractivity contribution is 5.75. The van der Waals surface area contributed by atoms with E-state index in [0.29, 0.717) is 19.8 Å². The van der Waals surface area contributed by atoms with E-state index in [4.69, 9.17) is 9.57 Å². The van der Waals surface area contributed by atoms with Crippen molar-refractivity contribution in [1.29, 1.82) is 0 Å². The van der Waals surface area contributed by atoms with Crippen molar-refractivity contribution in [2.24, 2.45) is 0 Å². The Morgan fingerprint density at radius 3 is 2.82 bits per heavy atom. The minimum Gasteiger partial charge on any atom is -0.465 e. The van der Waals surface area contributed by atoms with Crippen LogP contribution in [0.1, 0.15) is 38.2 Å². The number of piperidine rings is 1. The van der Waals surface area contributed by atoms with Gasteiger partial charge in [-0.05, 0) is 24.8 Å². The summed E-state index contributed by atoms with van der Waals surface area (Å²) in [5.74, 6) is -0.128. The van der Waals surface area contributed by atoms with Crippen LogP contribution < -0.4 is 10.8 Å². The van der Waals surface area contributed by atoms with Gasteiger partial charge in [0.05, 0.1) is 13.2 Å². The van der Waals surface area contributed by atoms with Crippen LogP contribution in [0.25, 0.3) is 0 Å². The predicted molar refractivity (Wildman–Crippen MR) is 85.0 cm³/mol. The molecule has 1 aliphatic heterocycles. The maximum absolute atomic E-state index is 11.8. The Bertz CT molecular complexity index is 431. The van der Waals surface area contributed by atoms with Crippen LogP contribution >= 0.6 is 0 Å². The Hall–Kier alpha value is -1.43. The van der Waals surface area contributed by atoms with Gasteiger partial charge < -0.3 is 10.1 Å². The highest BCUT2D eigenvalue weighted by Gasteiger charge is 2.26. The fourth-order valence-electron chi connectivity index (χ4n) is 2.39. The predicted octanol–water partition coefficient (Wildman–Crippen LogP) is 2.17. The van der Waals surface area contributed by atoms with Crippen LogP contribution in [0.5, 0.6) is 0 Å². The van der Waals surface area contributed by atoms with Gasteiger partial charge >= 0.3 is 5.97 Å². The molecule has 2 atom stereocenters. The summed E-state index contributed by atoms with van der Waals surface area (Å²) in [7, 11) is 0. The first-order valence-corrected chi connectivity index (χ1v) is 8.11. The van der Waals surface area contributed by atoms with Gasteiger partial charge in [0.2, 0.25) is 0 Å². The average Bonchev–Trinajstić information content (AvgIpc) is 2.56. The van der Waals surface area contributed by atoms with Crippen molar-refractivity contribution in [1.82, 2.24) is 10.8 Å². The molecule has 2 rings (SSSR count). The van der Waals surface area contributed by atoms with Crippen LogP contribution in [-0.4, -0.2) is 31.2 Å². The molecule has 2 N–H and O–H groups in total. The molecule has 1 heterocycles. The number of hydrogen-bond acceptors (Lipinski definition) is 5. The highest BCUT2D eigenvalue weighted by atomic mass is 16.6. The van der Waals surface area contributed by atoms with Crippen LogP contribution in [0.3, 0.4) is 0 Å². The van der Waals surface area contributed by atoms with E-state index in [1.54, 1.807) is 0 Å². The molecule has 0 aromatic heterocycles.